The maximum atomic E-state index is 13.3. The zero-order valence-corrected chi connectivity index (χ0v) is 10.7. The second-order valence-corrected chi connectivity index (χ2v) is 4.90. The van der Waals surface area contributed by atoms with Crippen molar-refractivity contribution in [2.24, 2.45) is 5.92 Å². The van der Waals surface area contributed by atoms with E-state index in [9.17, 15) is 4.39 Å². The zero-order chi connectivity index (χ0) is 13.0. The number of rotatable bonds is 3. The monoisotopic (exact) mass is 247 g/mol. The third-order valence-corrected chi connectivity index (χ3v) is 3.65. The van der Waals surface area contributed by atoms with Crippen molar-refractivity contribution in [2.75, 3.05) is 0 Å². The average molecular weight is 247 g/mol. The Bertz CT molecular complexity index is 452. The fourth-order valence-electron chi connectivity index (χ4n) is 2.67. The third-order valence-electron chi connectivity index (χ3n) is 3.65. The second-order valence-electron chi connectivity index (χ2n) is 4.90. The van der Waals surface area contributed by atoms with Crippen molar-refractivity contribution in [3.63, 3.8) is 0 Å². The van der Waals surface area contributed by atoms with Crippen LogP contribution in [0.2, 0.25) is 0 Å². The van der Waals surface area contributed by atoms with E-state index in [0.717, 1.165) is 12.8 Å². The predicted molar refractivity (Wildman–Crippen MR) is 67.8 cm³/mol. The molecule has 18 heavy (non-hydrogen) atoms. The molecule has 2 rings (SSSR count). The molecule has 96 valence electrons. The smallest absolute Gasteiger partial charge is 0.128 e. The van der Waals surface area contributed by atoms with Gasteiger partial charge < -0.3 is 4.74 Å². The van der Waals surface area contributed by atoms with Crippen LogP contribution in [0.1, 0.15) is 44.6 Å². The molecule has 1 aromatic carbocycles. The minimum absolute atomic E-state index is 0.164. The predicted octanol–water partition coefficient (Wildman–Crippen LogP) is 4.04. The zero-order valence-electron chi connectivity index (χ0n) is 10.7. The molecule has 1 saturated carbocycles. The van der Waals surface area contributed by atoms with Crippen molar-refractivity contribution >= 4 is 0 Å². The van der Waals surface area contributed by atoms with Gasteiger partial charge in [0, 0.05) is 6.07 Å². The summed E-state index contributed by atoms with van der Waals surface area (Å²) in [4.78, 5) is 0. The standard InChI is InChI=1S/C15H18FNO/c1-2-12-5-3-4-6-15(12)18-14-8-11(10-17)7-13(16)9-14/h7-9,12,15H,2-6H2,1H3. The summed E-state index contributed by atoms with van der Waals surface area (Å²) in [5, 5.41) is 8.82. The van der Waals surface area contributed by atoms with Crippen LogP contribution < -0.4 is 4.74 Å². The molecular weight excluding hydrogens is 229 g/mol. The minimum Gasteiger partial charge on any atom is -0.490 e. The van der Waals surface area contributed by atoms with E-state index in [1.807, 2.05) is 6.07 Å². The van der Waals surface area contributed by atoms with E-state index >= 15 is 0 Å². The number of hydrogen-bond donors (Lipinski definition) is 0. The van der Waals surface area contributed by atoms with Crippen LogP contribution in [0.3, 0.4) is 0 Å². The highest BCUT2D eigenvalue weighted by Crippen LogP contribution is 2.30. The Morgan fingerprint density at radius 3 is 2.83 bits per heavy atom. The first-order chi connectivity index (χ1) is 8.72. The number of ether oxygens (including phenoxy) is 1. The third kappa shape index (κ3) is 3.01. The maximum Gasteiger partial charge on any atom is 0.128 e. The molecule has 1 aliphatic carbocycles. The van der Waals surface area contributed by atoms with E-state index in [0.29, 0.717) is 17.2 Å². The van der Waals surface area contributed by atoms with Crippen molar-refractivity contribution in [3.8, 4) is 11.8 Å². The van der Waals surface area contributed by atoms with Crippen molar-refractivity contribution in [1.29, 1.82) is 5.26 Å². The molecule has 3 heteroatoms. The normalized spacial score (nSPS) is 23.4. The lowest BCUT2D eigenvalue weighted by Crippen LogP contribution is -2.29. The van der Waals surface area contributed by atoms with E-state index in [1.165, 1.54) is 31.4 Å². The largest absolute Gasteiger partial charge is 0.490 e. The first kappa shape index (κ1) is 12.9. The van der Waals surface area contributed by atoms with Crippen molar-refractivity contribution < 1.29 is 9.13 Å². The highest BCUT2D eigenvalue weighted by atomic mass is 19.1. The van der Waals surface area contributed by atoms with Gasteiger partial charge in [0.25, 0.3) is 0 Å². The van der Waals surface area contributed by atoms with Crippen LogP contribution in [0.25, 0.3) is 0 Å². The maximum absolute atomic E-state index is 13.3. The number of nitriles is 1. The van der Waals surface area contributed by atoms with Gasteiger partial charge in [-0.15, -0.1) is 0 Å². The van der Waals surface area contributed by atoms with Gasteiger partial charge in [0.15, 0.2) is 0 Å². The summed E-state index contributed by atoms with van der Waals surface area (Å²) in [7, 11) is 0. The van der Waals surface area contributed by atoms with Crippen LogP contribution in [-0.2, 0) is 0 Å². The Hall–Kier alpha value is -1.56. The van der Waals surface area contributed by atoms with Crippen molar-refractivity contribution in [3.05, 3.63) is 29.6 Å². The molecule has 0 radical (unpaired) electrons. The van der Waals surface area contributed by atoms with Gasteiger partial charge in [-0.05, 0) is 43.7 Å². The SMILES string of the molecule is CCC1CCCCC1Oc1cc(F)cc(C#N)c1. The van der Waals surface area contributed by atoms with Gasteiger partial charge >= 0.3 is 0 Å². The van der Waals surface area contributed by atoms with Crippen molar-refractivity contribution in [1.82, 2.24) is 0 Å². The molecule has 0 saturated heterocycles. The summed E-state index contributed by atoms with van der Waals surface area (Å²) in [6.07, 6.45) is 5.88. The summed E-state index contributed by atoms with van der Waals surface area (Å²) in [6, 6.07) is 6.16. The van der Waals surface area contributed by atoms with E-state index in [1.54, 1.807) is 6.07 Å². The Labute approximate surface area is 107 Å². The van der Waals surface area contributed by atoms with Gasteiger partial charge in [-0.25, -0.2) is 4.39 Å². The Morgan fingerprint density at radius 2 is 2.11 bits per heavy atom. The van der Waals surface area contributed by atoms with Gasteiger partial charge in [-0.1, -0.05) is 13.3 Å². The number of nitrogens with zero attached hydrogens (tertiary/aromatic N) is 1. The van der Waals surface area contributed by atoms with Gasteiger partial charge in [-0.3, -0.25) is 0 Å². The molecule has 2 unspecified atom stereocenters. The average Bonchev–Trinajstić information content (AvgIpc) is 2.38. The van der Waals surface area contributed by atoms with E-state index in [-0.39, 0.29) is 6.10 Å². The Balaban J connectivity index is 2.12. The molecule has 0 heterocycles. The molecule has 1 fully saturated rings. The first-order valence-electron chi connectivity index (χ1n) is 6.60. The van der Waals surface area contributed by atoms with Gasteiger partial charge in [0.05, 0.1) is 11.6 Å². The number of hydrogen-bond acceptors (Lipinski definition) is 2. The fourth-order valence-corrected chi connectivity index (χ4v) is 2.67. The molecule has 0 spiro atoms. The first-order valence-corrected chi connectivity index (χ1v) is 6.60. The van der Waals surface area contributed by atoms with E-state index < -0.39 is 5.82 Å². The highest BCUT2D eigenvalue weighted by molar-refractivity contribution is 5.37. The summed E-state index contributed by atoms with van der Waals surface area (Å²) < 4.78 is 19.2. The van der Waals surface area contributed by atoms with Crippen LogP contribution >= 0.6 is 0 Å². The Kier molecular flexibility index (Phi) is 4.19. The summed E-state index contributed by atoms with van der Waals surface area (Å²) >= 11 is 0. The molecule has 0 aliphatic heterocycles. The second kappa shape index (κ2) is 5.86. The van der Waals surface area contributed by atoms with E-state index in [4.69, 9.17) is 10.00 Å². The highest BCUT2D eigenvalue weighted by Gasteiger charge is 2.25. The summed E-state index contributed by atoms with van der Waals surface area (Å²) in [5.41, 5.74) is 0.314. The molecule has 0 bridgehead atoms. The lowest BCUT2D eigenvalue weighted by atomic mass is 9.85. The quantitative estimate of drug-likeness (QED) is 0.807. The molecule has 1 aromatic rings. The lowest BCUT2D eigenvalue weighted by Gasteiger charge is -2.31. The van der Waals surface area contributed by atoms with Crippen LogP contribution in [0.4, 0.5) is 4.39 Å². The molecule has 1 aliphatic rings. The molecule has 0 N–H and O–H groups in total. The lowest BCUT2D eigenvalue weighted by molar-refractivity contribution is 0.0900. The molecule has 0 amide bonds. The fraction of sp³-hybridized carbons (Fsp3) is 0.533. The van der Waals surface area contributed by atoms with E-state index in [2.05, 4.69) is 6.92 Å². The Morgan fingerprint density at radius 1 is 1.33 bits per heavy atom. The number of benzene rings is 1. The van der Waals surface area contributed by atoms with Crippen LogP contribution in [0.5, 0.6) is 5.75 Å². The minimum atomic E-state index is -0.409. The van der Waals surface area contributed by atoms with Crippen LogP contribution in [0, 0.1) is 23.1 Å². The summed E-state index contributed by atoms with van der Waals surface area (Å²) in [6.45, 7) is 2.17. The molecule has 2 nitrogen and oxygen atoms in total. The van der Waals surface area contributed by atoms with Gasteiger partial charge in [0.2, 0.25) is 0 Å². The molecule has 2 atom stereocenters. The summed E-state index contributed by atoms with van der Waals surface area (Å²) in [5.74, 6) is 0.623. The van der Waals surface area contributed by atoms with Gasteiger partial charge in [-0.2, -0.15) is 5.26 Å². The molecular formula is C15H18FNO. The topological polar surface area (TPSA) is 33.0 Å². The van der Waals surface area contributed by atoms with Gasteiger partial charge in [0.1, 0.15) is 17.7 Å². The van der Waals surface area contributed by atoms with Crippen LogP contribution in [-0.4, -0.2) is 6.10 Å². The number of halogens is 1. The van der Waals surface area contributed by atoms with Crippen LogP contribution in [0.15, 0.2) is 18.2 Å². The molecule has 0 aromatic heterocycles. The van der Waals surface area contributed by atoms with Crippen molar-refractivity contribution in [2.45, 2.75) is 45.1 Å².